The molecule has 0 aromatic heterocycles. The summed E-state index contributed by atoms with van der Waals surface area (Å²) in [5.41, 5.74) is 0.623. The molecule has 0 radical (unpaired) electrons. The van der Waals surface area contributed by atoms with Crippen molar-refractivity contribution in [3.63, 3.8) is 0 Å². The topological polar surface area (TPSA) is 59.1 Å². The molecule has 1 aliphatic rings. The van der Waals surface area contributed by atoms with Crippen LogP contribution in [0.5, 0.6) is 11.5 Å². The molecule has 1 aliphatic heterocycles. The van der Waals surface area contributed by atoms with Crippen molar-refractivity contribution in [2.45, 2.75) is 19.8 Å². The molecule has 0 spiro atoms. The van der Waals surface area contributed by atoms with E-state index >= 15 is 0 Å². The highest BCUT2D eigenvalue weighted by Crippen LogP contribution is 2.31. The van der Waals surface area contributed by atoms with Crippen LogP contribution >= 0.6 is 0 Å². The van der Waals surface area contributed by atoms with Gasteiger partial charge < -0.3 is 19.3 Å². The molecule has 6 heteroatoms. The number of likely N-dealkylation sites (tertiary alicyclic amines) is 1. The van der Waals surface area contributed by atoms with E-state index in [4.69, 9.17) is 9.47 Å². The van der Waals surface area contributed by atoms with Gasteiger partial charge in [-0.2, -0.15) is 0 Å². The lowest BCUT2D eigenvalue weighted by Gasteiger charge is -2.24. The van der Waals surface area contributed by atoms with Crippen LogP contribution in [0.3, 0.4) is 0 Å². The van der Waals surface area contributed by atoms with Crippen LogP contribution in [0.2, 0.25) is 0 Å². The number of carbonyl (C=O) groups is 2. The van der Waals surface area contributed by atoms with Gasteiger partial charge in [0.05, 0.1) is 14.2 Å². The van der Waals surface area contributed by atoms with Crippen LogP contribution < -0.4 is 14.4 Å². The number of ether oxygens (including phenoxy) is 2. The first-order valence-electron chi connectivity index (χ1n) is 7.34. The molecule has 0 N–H and O–H groups in total. The Bertz CT molecular complexity index is 553. The molecule has 0 bridgehead atoms. The van der Waals surface area contributed by atoms with E-state index in [1.807, 2.05) is 0 Å². The molecule has 1 aromatic carbocycles. The maximum absolute atomic E-state index is 12.3. The van der Waals surface area contributed by atoms with Gasteiger partial charge in [0.1, 0.15) is 6.54 Å². The molecular formula is C16H22N2O4. The summed E-state index contributed by atoms with van der Waals surface area (Å²) in [5, 5.41) is 0. The Hall–Kier alpha value is -2.24. The second-order valence-corrected chi connectivity index (χ2v) is 5.23. The number of hydrogen-bond donors (Lipinski definition) is 0. The number of methoxy groups -OCH3 is 2. The van der Waals surface area contributed by atoms with Gasteiger partial charge in [-0.25, -0.2) is 0 Å². The Balaban J connectivity index is 2.20. The minimum Gasteiger partial charge on any atom is -0.493 e. The lowest BCUT2D eigenvalue weighted by atomic mass is 10.2. The normalized spacial score (nSPS) is 13.9. The number of benzene rings is 1. The minimum atomic E-state index is -0.181. The first kappa shape index (κ1) is 16.1. The van der Waals surface area contributed by atoms with Gasteiger partial charge in [-0.05, 0) is 25.0 Å². The van der Waals surface area contributed by atoms with E-state index in [0.29, 0.717) is 17.2 Å². The van der Waals surface area contributed by atoms with Gasteiger partial charge in [0, 0.05) is 31.8 Å². The Morgan fingerprint density at radius 2 is 1.77 bits per heavy atom. The molecule has 1 heterocycles. The highest BCUT2D eigenvalue weighted by atomic mass is 16.5. The number of amides is 2. The summed E-state index contributed by atoms with van der Waals surface area (Å²) < 4.78 is 10.4. The molecule has 6 nitrogen and oxygen atoms in total. The first-order valence-corrected chi connectivity index (χ1v) is 7.34. The number of nitrogens with zero attached hydrogens (tertiary/aromatic N) is 2. The number of anilines is 1. The van der Waals surface area contributed by atoms with E-state index in [0.717, 1.165) is 25.9 Å². The van der Waals surface area contributed by atoms with Crippen molar-refractivity contribution in [3.05, 3.63) is 18.2 Å². The Morgan fingerprint density at radius 1 is 1.14 bits per heavy atom. The van der Waals surface area contributed by atoms with Gasteiger partial charge in [0.25, 0.3) is 0 Å². The molecule has 2 rings (SSSR count). The molecule has 120 valence electrons. The highest BCUT2D eigenvalue weighted by Gasteiger charge is 2.23. The van der Waals surface area contributed by atoms with Gasteiger partial charge in [0.15, 0.2) is 11.5 Å². The monoisotopic (exact) mass is 306 g/mol. The van der Waals surface area contributed by atoms with Gasteiger partial charge in [-0.15, -0.1) is 0 Å². The molecule has 22 heavy (non-hydrogen) atoms. The van der Waals surface area contributed by atoms with Crippen molar-refractivity contribution in [2.24, 2.45) is 0 Å². The van der Waals surface area contributed by atoms with Gasteiger partial charge in [0.2, 0.25) is 11.8 Å². The third kappa shape index (κ3) is 3.50. The van der Waals surface area contributed by atoms with Crippen LogP contribution in [0.15, 0.2) is 18.2 Å². The van der Waals surface area contributed by atoms with Crippen LogP contribution in [0.25, 0.3) is 0 Å². The second-order valence-electron chi connectivity index (χ2n) is 5.23. The Morgan fingerprint density at radius 3 is 2.32 bits per heavy atom. The SMILES string of the molecule is COc1ccc(N(CC(=O)N2CCCC2)C(C)=O)cc1OC. The quantitative estimate of drug-likeness (QED) is 0.830. The smallest absolute Gasteiger partial charge is 0.242 e. The summed E-state index contributed by atoms with van der Waals surface area (Å²) in [6, 6.07) is 5.18. The zero-order valence-electron chi connectivity index (χ0n) is 13.3. The molecule has 1 aromatic rings. The Labute approximate surface area is 130 Å². The number of hydrogen-bond acceptors (Lipinski definition) is 4. The van der Waals surface area contributed by atoms with Crippen LogP contribution in [-0.4, -0.2) is 50.6 Å². The van der Waals surface area contributed by atoms with Crippen molar-refractivity contribution in [1.29, 1.82) is 0 Å². The fourth-order valence-corrected chi connectivity index (χ4v) is 2.58. The second kappa shape index (κ2) is 7.15. The highest BCUT2D eigenvalue weighted by molar-refractivity contribution is 5.97. The zero-order chi connectivity index (χ0) is 16.1. The number of rotatable bonds is 5. The summed E-state index contributed by atoms with van der Waals surface area (Å²) in [4.78, 5) is 27.5. The average molecular weight is 306 g/mol. The molecule has 1 fully saturated rings. The Kier molecular flexibility index (Phi) is 5.25. The maximum Gasteiger partial charge on any atom is 0.242 e. The van der Waals surface area contributed by atoms with E-state index < -0.39 is 0 Å². The maximum atomic E-state index is 12.3. The van der Waals surface area contributed by atoms with Gasteiger partial charge in [-0.1, -0.05) is 0 Å². The first-order chi connectivity index (χ1) is 10.6. The molecule has 1 saturated heterocycles. The van der Waals surface area contributed by atoms with Crippen molar-refractivity contribution in [1.82, 2.24) is 4.90 Å². The lowest BCUT2D eigenvalue weighted by molar-refractivity contribution is -0.130. The van der Waals surface area contributed by atoms with Crippen LogP contribution in [0.4, 0.5) is 5.69 Å². The minimum absolute atomic E-state index is 0.0255. The average Bonchev–Trinajstić information content (AvgIpc) is 3.05. The predicted octanol–water partition coefficient (Wildman–Crippen LogP) is 1.68. The summed E-state index contributed by atoms with van der Waals surface area (Å²) in [7, 11) is 3.09. The summed E-state index contributed by atoms with van der Waals surface area (Å²) in [6.45, 7) is 3.05. The van der Waals surface area contributed by atoms with Crippen molar-refractivity contribution in [2.75, 3.05) is 38.8 Å². The molecule has 0 saturated carbocycles. The molecular weight excluding hydrogens is 284 g/mol. The van der Waals surface area contributed by atoms with Gasteiger partial charge >= 0.3 is 0 Å². The van der Waals surface area contributed by atoms with E-state index in [1.54, 1.807) is 30.2 Å². The van der Waals surface area contributed by atoms with Crippen molar-refractivity contribution >= 4 is 17.5 Å². The number of carbonyl (C=O) groups excluding carboxylic acids is 2. The van der Waals surface area contributed by atoms with Crippen LogP contribution in [0, 0.1) is 0 Å². The van der Waals surface area contributed by atoms with Crippen LogP contribution in [-0.2, 0) is 9.59 Å². The van der Waals surface area contributed by atoms with E-state index in [-0.39, 0.29) is 18.4 Å². The lowest BCUT2D eigenvalue weighted by Crippen LogP contribution is -2.41. The molecule has 0 atom stereocenters. The van der Waals surface area contributed by atoms with Crippen LogP contribution in [0.1, 0.15) is 19.8 Å². The fraction of sp³-hybridized carbons (Fsp3) is 0.500. The largest absolute Gasteiger partial charge is 0.493 e. The standard InChI is InChI=1S/C16H22N2O4/c1-12(19)18(11-16(20)17-8-4-5-9-17)13-6-7-14(21-2)15(10-13)22-3/h6-7,10H,4-5,8-9,11H2,1-3H3. The third-order valence-corrected chi connectivity index (χ3v) is 3.81. The summed E-state index contributed by atoms with van der Waals surface area (Å²) in [5.74, 6) is 0.905. The fourth-order valence-electron chi connectivity index (χ4n) is 2.58. The van der Waals surface area contributed by atoms with Crippen molar-refractivity contribution < 1.29 is 19.1 Å². The third-order valence-electron chi connectivity index (χ3n) is 3.81. The molecule has 2 amide bonds. The zero-order valence-corrected chi connectivity index (χ0v) is 13.3. The predicted molar refractivity (Wildman–Crippen MR) is 83.4 cm³/mol. The van der Waals surface area contributed by atoms with Crippen molar-refractivity contribution in [3.8, 4) is 11.5 Å². The van der Waals surface area contributed by atoms with E-state index in [2.05, 4.69) is 0 Å². The molecule has 0 unspecified atom stereocenters. The van der Waals surface area contributed by atoms with Gasteiger partial charge in [-0.3, -0.25) is 9.59 Å². The summed E-state index contributed by atoms with van der Waals surface area (Å²) >= 11 is 0. The van der Waals surface area contributed by atoms with E-state index in [9.17, 15) is 9.59 Å². The summed E-state index contributed by atoms with van der Waals surface area (Å²) in [6.07, 6.45) is 2.06. The van der Waals surface area contributed by atoms with E-state index in [1.165, 1.54) is 18.9 Å². The molecule has 0 aliphatic carbocycles.